The third kappa shape index (κ3) is 7.73. The molecule has 1 saturated heterocycles. The monoisotopic (exact) mass is 898 g/mol. The van der Waals surface area contributed by atoms with Gasteiger partial charge in [-0.3, -0.25) is 19.2 Å². The number of ketones is 1. The van der Waals surface area contributed by atoms with Crippen LogP contribution < -0.4 is 15.5 Å². The van der Waals surface area contributed by atoms with E-state index < -0.39 is 40.3 Å². The molecule has 0 radical (unpaired) electrons. The summed E-state index contributed by atoms with van der Waals surface area (Å²) in [6, 6.07) is 7.95. The van der Waals surface area contributed by atoms with Gasteiger partial charge >= 0.3 is 11.9 Å². The van der Waals surface area contributed by atoms with Crippen molar-refractivity contribution in [3.63, 3.8) is 0 Å². The minimum Gasteiger partial charge on any atom is -0.481 e. The number of aliphatic carboxylic acids is 1. The minimum atomic E-state index is -0.835. The SMILES string of the molecule is CC(C)C1=C2[C@H]3CC[C@@H]4[C@@]5(C)CC[C@H](OC(=O)[C@H]6C[C@@H](C(=O)O)C6(C)C)C(C)(C)[C@@H]5CC[C@@]4(C)[C@]3(C)CC[C@@]2([C@@H](O)CNCC(C)(C)NC(=O)c2ccc(N3CCCCC3)cc2)CC1=O. The first-order valence-corrected chi connectivity index (χ1v) is 25.6. The largest absolute Gasteiger partial charge is 0.481 e. The number of nitrogens with zero attached hydrogens (tertiary/aromatic N) is 1. The lowest BCUT2D eigenvalue weighted by Crippen LogP contribution is -2.66. The van der Waals surface area contributed by atoms with Crippen LogP contribution in [0.25, 0.3) is 0 Å². The first-order valence-electron chi connectivity index (χ1n) is 25.6. The Hall–Kier alpha value is -3.24. The first-order chi connectivity index (χ1) is 30.3. The van der Waals surface area contributed by atoms with Crippen molar-refractivity contribution in [2.24, 2.45) is 68.0 Å². The van der Waals surface area contributed by atoms with Crippen LogP contribution in [-0.2, 0) is 19.1 Å². The normalized spacial score (nSPS) is 37.9. The maximum atomic E-state index is 14.3. The van der Waals surface area contributed by atoms with Crippen LogP contribution in [0.4, 0.5) is 5.69 Å². The van der Waals surface area contributed by atoms with Crippen LogP contribution in [0.1, 0.15) is 170 Å². The number of carbonyl (C=O) groups is 4. The van der Waals surface area contributed by atoms with Crippen molar-refractivity contribution >= 4 is 29.3 Å². The van der Waals surface area contributed by atoms with Crippen LogP contribution in [0.2, 0.25) is 0 Å². The number of carboxylic acids is 1. The maximum Gasteiger partial charge on any atom is 0.309 e. The van der Waals surface area contributed by atoms with Crippen molar-refractivity contribution in [3.05, 3.63) is 41.0 Å². The van der Waals surface area contributed by atoms with E-state index in [1.807, 2.05) is 39.8 Å². The van der Waals surface area contributed by atoms with Gasteiger partial charge in [-0.1, -0.05) is 67.9 Å². The summed E-state index contributed by atoms with van der Waals surface area (Å²) in [4.78, 5) is 55.7. The van der Waals surface area contributed by atoms with E-state index in [1.165, 1.54) is 30.5 Å². The quantitative estimate of drug-likeness (QED) is 0.151. The molecule has 4 N–H and O–H groups in total. The number of benzene rings is 1. The molecule has 7 aliphatic rings. The number of carboxylic acid groups (broad SMARTS) is 1. The maximum absolute atomic E-state index is 14.3. The fourth-order valence-corrected chi connectivity index (χ4v) is 16.4. The fraction of sp³-hybridized carbons (Fsp3) is 0.782. The Morgan fingerprint density at radius 3 is 2.14 bits per heavy atom. The molecule has 1 aromatic rings. The number of piperidine rings is 1. The summed E-state index contributed by atoms with van der Waals surface area (Å²) in [5.41, 5.74) is 2.01. The van der Waals surface area contributed by atoms with Crippen molar-refractivity contribution < 1.29 is 34.1 Å². The molecule has 6 fully saturated rings. The van der Waals surface area contributed by atoms with Crippen molar-refractivity contribution in [1.29, 1.82) is 0 Å². The number of aliphatic hydroxyl groups excluding tert-OH is 1. The van der Waals surface area contributed by atoms with E-state index in [0.717, 1.165) is 70.0 Å². The molecule has 8 rings (SSSR count). The highest BCUT2D eigenvalue weighted by atomic mass is 16.5. The van der Waals surface area contributed by atoms with Gasteiger partial charge in [0.15, 0.2) is 5.78 Å². The molecule has 10 nitrogen and oxygen atoms in total. The summed E-state index contributed by atoms with van der Waals surface area (Å²) in [7, 11) is 0. The van der Waals surface area contributed by atoms with Crippen LogP contribution in [0.3, 0.4) is 0 Å². The van der Waals surface area contributed by atoms with Gasteiger partial charge in [0, 0.05) is 60.2 Å². The van der Waals surface area contributed by atoms with Gasteiger partial charge in [0.25, 0.3) is 5.91 Å². The summed E-state index contributed by atoms with van der Waals surface area (Å²) >= 11 is 0. The van der Waals surface area contributed by atoms with Gasteiger partial charge in [-0.15, -0.1) is 0 Å². The van der Waals surface area contributed by atoms with Crippen LogP contribution in [0, 0.1) is 68.0 Å². The summed E-state index contributed by atoms with van der Waals surface area (Å²) in [5, 5.41) is 29.0. The zero-order chi connectivity index (χ0) is 47.3. The van der Waals surface area contributed by atoms with Crippen molar-refractivity contribution in [2.75, 3.05) is 31.1 Å². The highest BCUT2D eigenvalue weighted by Gasteiger charge is 2.71. The number of aliphatic hydroxyl groups is 1. The Balaban J connectivity index is 0.955. The van der Waals surface area contributed by atoms with Gasteiger partial charge < -0.3 is 30.5 Å². The van der Waals surface area contributed by atoms with E-state index in [-0.39, 0.29) is 57.3 Å². The second kappa shape index (κ2) is 16.8. The molecule has 1 aliphatic heterocycles. The summed E-state index contributed by atoms with van der Waals surface area (Å²) < 4.78 is 6.44. The zero-order valence-corrected chi connectivity index (χ0v) is 41.8. The van der Waals surface area contributed by atoms with Crippen LogP contribution in [-0.4, -0.2) is 77.8 Å². The van der Waals surface area contributed by atoms with Crippen molar-refractivity contribution in [3.8, 4) is 0 Å². The topological polar surface area (TPSA) is 145 Å². The molecule has 0 aromatic heterocycles. The van der Waals surface area contributed by atoms with E-state index in [4.69, 9.17) is 4.74 Å². The molecule has 360 valence electrons. The number of fused-ring (bicyclic) bond motifs is 7. The highest BCUT2D eigenvalue weighted by molar-refractivity contribution is 6.01. The molecule has 1 amide bonds. The van der Waals surface area contributed by atoms with Gasteiger partial charge in [0.05, 0.1) is 17.9 Å². The van der Waals surface area contributed by atoms with Crippen molar-refractivity contribution in [1.82, 2.24) is 10.6 Å². The molecule has 10 heteroatoms. The molecule has 0 bridgehead atoms. The molecular weight excluding hydrogens is 815 g/mol. The number of Topliss-reactive ketones (excluding diaryl/α,β-unsaturated/α-hetero) is 1. The van der Waals surface area contributed by atoms with E-state index in [1.54, 1.807) is 0 Å². The third-order valence-corrected chi connectivity index (χ3v) is 20.4. The molecule has 0 unspecified atom stereocenters. The molecular formula is C55H83N3O7. The number of nitrogens with one attached hydrogen (secondary N) is 2. The second-order valence-electron chi connectivity index (χ2n) is 25.2. The molecule has 1 heterocycles. The number of hydrogen-bond donors (Lipinski definition) is 4. The number of rotatable bonds is 12. The number of hydrogen-bond acceptors (Lipinski definition) is 8. The second-order valence-corrected chi connectivity index (χ2v) is 25.2. The Kier molecular flexibility index (Phi) is 12.4. The lowest BCUT2D eigenvalue weighted by molar-refractivity contribution is -0.238. The number of ether oxygens (including phenoxy) is 1. The van der Waals surface area contributed by atoms with Gasteiger partial charge in [0.1, 0.15) is 6.10 Å². The fourth-order valence-electron chi connectivity index (χ4n) is 16.4. The van der Waals surface area contributed by atoms with E-state index >= 15 is 0 Å². The predicted molar refractivity (Wildman–Crippen MR) is 255 cm³/mol. The summed E-state index contributed by atoms with van der Waals surface area (Å²) in [5.74, 6) is -0.767. The summed E-state index contributed by atoms with van der Waals surface area (Å²) in [6.45, 7) is 27.3. The predicted octanol–water partition coefficient (Wildman–Crippen LogP) is 9.78. The lowest BCUT2D eigenvalue weighted by Gasteiger charge is -2.72. The molecule has 65 heavy (non-hydrogen) atoms. The van der Waals surface area contributed by atoms with Gasteiger partial charge in [0.2, 0.25) is 0 Å². The Morgan fingerprint density at radius 1 is 0.831 bits per heavy atom. The van der Waals surface area contributed by atoms with Crippen LogP contribution >= 0.6 is 0 Å². The lowest BCUT2D eigenvalue weighted by atomic mass is 9.33. The molecule has 1 aromatic carbocycles. The van der Waals surface area contributed by atoms with E-state index in [9.17, 15) is 29.4 Å². The Labute approximate surface area is 390 Å². The summed E-state index contributed by atoms with van der Waals surface area (Å²) in [6.07, 6.45) is 11.2. The molecule has 11 atom stereocenters. The third-order valence-electron chi connectivity index (χ3n) is 20.4. The smallest absolute Gasteiger partial charge is 0.309 e. The number of allylic oxidation sites excluding steroid dienone is 1. The Morgan fingerprint density at radius 2 is 1.51 bits per heavy atom. The van der Waals surface area contributed by atoms with Crippen LogP contribution in [0.15, 0.2) is 35.4 Å². The number of esters is 1. The average Bonchev–Trinajstić information content (AvgIpc) is 3.55. The zero-order valence-electron chi connectivity index (χ0n) is 41.8. The van der Waals surface area contributed by atoms with Crippen LogP contribution in [0.5, 0.6) is 0 Å². The number of carbonyl (C=O) groups excluding carboxylic acids is 3. The van der Waals surface area contributed by atoms with Crippen molar-refractivity contribution in [2.45, 2.75) is 177 Å². The number of anilines is 1. The van der Waals surface area contributed by atoms with E-state index in [2.05, 4.69) is 76.1 Å². The average molecular weight is 898 g/mol. The highest BCUT2D eigenvalue weighted by Crippen LogP contribution is 2.77. The van der Waals surface area contributed by atoms with Gasteiger partial charge in [-0.25, -0.2) is 0 Å². The van der Waals surface area contributed by atoms with Gasteiger partial charge in [-0.05, 0) is 166 Å². The number of amides is 1. The standard InChI is InChI=1S/C55H83N3O7/c1-33(2)44-39(59)30-55(42(60)31-56-32-49(3,4)57-46(61)34-15-17-35(18-16-34)58-27-13-12-14-28-58)26-25-53(10)36(45(44)55)19-20-41-52(9)23-22-43(51(7,8)40(52)21-24-54(41,53)11)65-48(64)38-29-37(47(62)63)50(38,5)6/h15-18,33,36-38,40-43,56,60H,12-14,19-32H2,1-11H3,(H,57,61)(H,62,63)/t36-,37+,38-,40+,41-,42+,43+,52+,53-,54-,55+/m1/s1. The molecule has 0 spiro atoms. The van der Waals surface area contributed by atoms with Gasteiger partial charge in [-0.2, -0.15) is 0 Å². The first kappa shape index (κ1) is 48.2. The molecule has 6 aliphatic carbocycles. The Bertz CT molecular complexity index is 2070. The minimum absolute atomic E-state index is 0.0226. The molecule has 5 saturated carbocycles. The van der Waals surface area contributed by atoms with E-state index in [0.29, 0.717) is 43.3 Å².